The van der Waals surface area contributed by atoms with Gasteiger partial charge in [-0.3, -0.25) is 0 Å². The minimum Gasteiger partial charge on any atom is -0.348 e. The van der Waals surface area contributed by atoms with Crippen LogP contribution in [0, 0.1) is 0 Å². The quantitative estimate of drug-likeness (QED) is 0.726. The summed E-state index contributed by atoms with van der Waals surface area (Å²) in [5.74, 6) is 0. The zero-order valence-electron chi connectivity index (χ0n) is 12.8. The number of rotatable bonds is 5. The Bertz CT molecular complexity index is 598. The fourth-order valence-electron chi connectivity index (χ4n) is 3.21. The predicted molar refractivity (Wildman–Crippen MR) is 90.5 cm³/mol. The normalized spacial score (nSPS) is 14.5. The SMILES string of the molecule is CN(C1=C(CCc2ccccc2)CCC1)c1ccccc1. The Morgan fingerprint density at radius 3 is 2.19 bits per heavy atom. The van der Waals surface area contributed by atoms with Gasteiger partial charge in [-0.05, 0) is 49.8 Å². The Morgan fingerprint density at radius 1 is 0.810 bits per heavy atom. The molecule has 0 heterocycles. The smallest absolute Gasteiger partial charge is 0.0405 e. The van der Waals surface area contributed by atoms with E-state index in [1.54, 1.807) is 5.57 Å². The minimum atomic E-state index is 1.16. The van der Waals surface area contributed by atoms with Crippen molar-refractivity contribution in [2.75, 3.05) is 11.9 Å². The van der Waals surface area contributed by atoms with Gasteiger partial charge in [0.15, 0.2) is 0 Å². The van der Waals surface area contributed by atoms with Gasteiger partial charge in [0.2, 0.25) is 0 Å². The molecule has 0 amide bonds. The number of aryl methyl sites for hydroxylation is 1. The van der Waals surface area contributed by atoms with E-state index in [1.807, 2.05) is 0 Å². The summed E-state index contributed by atoms with van der Waals surface area (Å²) in [7, 11) is 2.21. The summed E-state index contributed by atoms with van der Waals surface area (Å²) in [6, 6.07) is 21.5. The van der Waals surface area contributed by atoms with Crippen molar-refractivity contribution in [2.45, 2.75) is 32.1 Å². The fraction of sp³-hybridized carbons (Fsp3) is 0.300. The van der Waals surface area contributed by atoms with E-state index in [0.29, 0.717) is 0 Å². The van der Waals surface area contributed by atoms with Crippen LogP contribution in [-0.2, 0) is 6.42 Å². The fourth-order valence-corrected chi connectivity index (χ4v) is 3.21. The number of hydrogen-bond acceptors (Lipinski definition) is 1. The van der Waals surface area contributed by atoms with Gasteiger partial charge in [0.1, 0.15) is 0 Å². The lowest BCUT2D eigenvalue weighted by Gasteiger charge is -2.22. The monoisotopic (exact) mass is 277 g/mol. The summed E-state index contributed by atoms with van der Waals surface area (Å²) in [5.41, 5.74) is 5.92. The first-order valence-corrected chi connectivity index (χ1v) is 7.88. The molecule has 0 aliphatic heterocycles. The number of nitrogens with zero attached hydrogens (tertiary/aromatic N) is 1. The molecule has 0 N–H and O–H groups in total. The highest BCUT2D eigenvalue weighted by atomic mass is 15.1. The molecule has 0 radical (unpaired) electrons. The molecule has 0 unspecified atom stereocenters. The lowest BCUT2D eigenvalue weighted by atomic mass is 10.0. The van der Waals surface area contributed by atoms with Gasteiger partial charge in [0.05, 0.1) is 0 Å². The molecule has 1 nitrogen and oxygen atoms in total. The van der Waals surface area contributed by atoms with E-state index in [2.05, 4.69) is 72.6 Å². The van der Waals surface area contributed by atoms with Gasteiger partial charge >= 0.3 is 0 Å². The van der Waals surface area contributed by atoms with E-state index in [1.165, 1.54) is 42.6 Å². The third kappa shape index (κ3) is 3.36. The lowest BCUT2D eigenvalue weighted by molar-refractivity contribution is 0.843. The Morgan fingerprint density at radius 2 is 1.48 bits per heavy atom. The second kappa shape index (κ2) is 6.62. The highest BCUT2D eigenvalue weighted by Crippen LogP contribution is 2.33. The molecule has 0 bridgehead atoms. The van der Waals surface area contributed by atoms with Gasteiger partial charge in [-0.25, -0.2) is 0 Å². The Kier molecular flexibility index (Phi) is 4.40. The molecule has 1 heteroatoms. The largest absolute Gasteiger partial charge is 0.348 e. The summed E-state index contributed by atoms with van der Waals surface area (Å²) >= 11 is 0. The molecule has 1 aliphatic carbocycles. The van der Waals surface area contributed by atoms with Crippen LogP contribution in [0.4, 0.5) is 5.69 Å². The number of anilines is 1. The molecule has 108 valence electrons. The van der Waals surface area contributed by atoms with Crippen molar-refractivity contribution < 1.29 is 0 Å². The van der Waals surface area contributed by atoms with Crippen LogP contribution in [0.1, 0.15) is 31.2 Å². The summed E-state index contributed by atoms with van der Waals surface area (Å²) in [4.78, 5) is 2.38. The maximum atomic E-state index is 2.38. The molecular weight excluding hydrogens is 254 g/mol. The maximum absolute atomic E-state index is 2.38. The van der Waals surface area contributed by atoms with Crippen LogP contribution >= 0.6 is 0 Å². The first-order valence-electron chi connectivity index (χ1n) is 7.88. The highest BCUT2D eigenvalue weighted by Gasteiger charge is 2.18. The van der Waals surface area contributed by atoms with Crippen LogP contribution in [0.25, 0.3) is 0 Å². The van der Waals surface area contributed by atoms with E-state index in [-0.39, 0.29) is 0 Å². The first kappa shape index (κ1) is 13.9. The predicted octanol–water partition coefficient (Wildman–Crippen LogP) is 5.19. The van der Waals surface area contributed by atoms with Crippen LogP contribution in [0.5, 0.6) is 0 Å². The van der Waals surface area contributed by atoms with Crippen molar-refractivity contribution in [3.63, 3.8) is 0 Å². The second-order valence-electron chi connectivity index (χ2n) is 5.78. The van der Waals surface area contributed by atoms with Crippen LogP contribution in [0.3, 0.4) is 0 Å². The van der Waals surface area contributed by atoms with Crippen molar-refractivity contribution in [3.05, 3.63) is 77.5 Å². The van der Waals surface area contributed by atoms with Gasteiger partial charge in [-0.2, -0.15) is 0 Å². The summed E-state index contributed by atoms with van der Waals surface area (Å²) in [5, 5.41) is 0. The Hall–Kier alpha value is -2.02. The number of para-hydroxylation sites is 1. The van der Waals surface area contributed by atoms with Crippen molar-refractivity contribution in [3.8, 4) is 0 Å². The molecule has 2 aromatic rings. The molecule has 3 rings (SSSR count). The summed E-state index contributed by atoms with van der Waals surface area (Å²) in [6.45, 7) is 0. The average molecular weight is 277 g/mol. The average Bonchev–Trinajstić information content (AvgIpc) is 3.02. The number of allylic oxidation sites excluding steroid dienone is 2. The molecular formula is C20H23N. The zero-order valence-corrected chi connectivity index (χ0v) is 12.8. The molecule has 0 saturated carbocycles. The Balaban J connectivity index is 1.73. The zero-order chi connectivity index (χ0) is 14.5. The third-order valence-electron chi connectivity index (χ3n) is 4.41. The van der Waals surface area contributed by atoms with Crippen LogP contribution in [-0.4, -0.2) is 7.05 Å². The van der Waals surface area contributed by atoms with Crippen LogP contribution < -0.4 is 4.90 Å². The standard InChI is InChI=1S/C20H23N/c1-21(19-12-6-3-7-13-19)20-14-8-11-18(20)16-15-17-9-4-2-5-10-17/h2-7,9-10,12-13H,8,11,14-16H2,1H3. The molecule has 0 saturated heterocycles. The van der Waals surface area contributed by atoms with Crippen molar-refractivity contribution in [1.82, 2.24) is 0 Å². The van der Waals surface area contributed by atoms with E-state index in [4.69, 9.17) is 0 Å². The van der Waals surface area contributed by atoms with Crippen molar-refractivity contribution >= 4 is 5.69 Å². The topological polar surface area (TPSA) is 3.24 Å². The van der Waals surface area contributed by atoms with Gasteiger partial charge in [-0.15, -0.1) is 0 Å². The first-order chi connectivity index (χ1) is 10.3. The van der Waals surface area contributed by atoms with E-state index in [9.17, 15) is 0 Å². The Labute approximate surface area is 127 Å². The molecule has 0 atom stereocenters. The van der Waals surface area contributed by atoms with E-state index in [0.717, 1.165) is 6.42 Å². The van der Waals surface area contributed by atoms with Gasteiger partial charge in [0, 0.05) is 18.4 Å². The van der Waals surface area contributed by atoms with Gasteiger partial charge in [0.25, 0.3) is 0 Å². The maximum Gasteiger partial charge on any atom is 0.0405 e. The van der Waals surface area contributed by atoms with Gasteiger partial charge < -0.3 is 4.90 Å². The highest BCUT2D eigenvalue weighted by molar-refractivity contribution is 5.52. The van der Waals surface area contributed by atoms with Crippen molar-refractivity contribution in [2.24, 2.45) is 0 Å². The second-order valence-corrected chi connectivity index (χ2v) is 5.78. The molecule has 21 heavy (non-hydrogen) atoms. The van der Waals surface area contributed by atoms with E-state index < -0.39 is 0 Å². The molecule has 0 spiro atoms. The van der Waals surface area contributed by atoms with E-state index >= 15 is 0 Å². The molecule has 0 aromatic heterocycles. The van der Waals surface area contributed by atoms with Crippen LogP contribution in [0.15, 0.2) is 71.9 Å². The summed E-state index contributed by atoms with van der Waals surface area (Å²) < 4.78 is 0. The van der Waals surface area contributed by atoms with Crippen molar-refractivity contribution in [1.29, 1.82) is 0 Å². The van der Waals surface area contributed by atoms with Gasteiger partial charge in [-0.1, -0.05) is 54.1 Å². The molecule has 0 fully saturated rings. The number of hydrogen-bond donors (Lipinski definition) is 0. The minimum absolute atomic E-state index is 1.16. The summed E-state index contributed by atoms with van der Waals surface area (Å²) in [6.07, 6.45) is 6.13. The lowest BCUT2D eigenvalue weighted by Crippen LogP contribution is -2.16. The molecule has 2 aromatic carbocycles. The molecule has 1 aliphatic rings. The third-order valence-corrected chi connectivity index (χ3v) is 4.41. The van der Waals surface area contributed by atoms with Crippen LogP contribution in [0.2, 0.25) is 0 Å². The number of benzene rings is 2.